The van der Waals surface area contributed by atoms with Crippen LogP contribution in [0.15, 0.2) is 30.3 Å². The number of hydrogen-bond donors (Lipinski definition) is 2. The molecule has 6 nitrogen and oxygen atoms in total. The molecule has 0 atom stereocenters. The van der Waals surface area contributed by atoms with E-state index >= 15 is 0 Å². The van der Waals surface area contributed by atoms with Crippen molar-refractivity contribution in [2.45, 2.75) is 6.54 Å². The average Bonchev–Trinajstić information content (AvgIpc) is 3.15. The van der Waals surface area contributed by atoms with E-state index in [-0.39, 0.29) is 21.3 Å². The maximum Gasteiger partial charge on any atom is 0.255 e. The normalized spacial score (nSPS) is 13.0. The summed E-state index contributed by atoms with van der Waals surface area (Å²) in [5.74, 6) is -3.85. The van der Waals surface area contributed by atoms with E-state index in [0.717, 1.165) is 11.3 Å². The van der Waals surface area contributed by atoms with Crippen molar-refractivity contribution in [3.8, 4) is 10.4 Å². The molecule has 0 radical (unpaired) electrons. The Morgan fingerprint density at radius 3 is 2.55 bits per heavy atom. The molecule has 3 N–H and O–H groups in total. The van der Waals surface area contributed by atoms with Gasteiger partial charge in [-0.2, -0.15) is 0 Å². The lowest BCUT2D eigenvalue weighted by Gasteiger charge is -2.06. The number of nitrogens with zero attached hydrogens (tertiary/aromatic N) is 2. The van der Waals surface area contributed by atoms with Crippen molar-refractivity contribution in [2.24, 2.45) is 5.73 Å². The molecule has 0 saturated carbocycles. The Morgan fingerprint density at radius 1 is 1.21 bits per heavy atom. The van der Waals surface area contributed by atoms with Crippen LogP contribution in [0, 0.1) is 17.5 Å². The Hall–Kier alpha value is -3.40. The van der Waals surface area contributed by atoms with E-state index in [4.69, 9.17) is 5.73 Å². The third kappa shape index (κ3) is 3.31. The molecule has 1 aliphatic heterocycles. The molecule has 2 amide bonds. The zero-order valence-electron chi connectivity index (χ0n) is 14.9. The summed E-state index contributed by atoms with van der Waals surface area (Å²) in [6.45, 7) is 0.341. The first-order valence-corrected chi connectivity index (χ1v) is 9.17. The lowest BCUT2D eigenvalue weighted by molar-refractivity contribution is 0.0816. The van der Waals surface area contributed by atoms with Gasteiger partial charge in [0.1, 0.15) is 28.3 Å². The lowest BCUT2D eigenvalue weighted by Crippen LogP contribution is -2.17. The average molecular weight is 418 g/mol. The van der Waals surface area contributed by atoms with Gasteiger partial charge in [-0.15, -0.1) is 11.3 Å². The van der Waals surface area contributed by atoms with Crippen LogP contribution in [0.4, 0.5) is 24.0 Å². The quantitative estimate of drug-likeness (QED) is 0.677. The summed E-state index contributed by atoms with van der Waals surface area (Å²) in [5.41, 5.74) is 5.99. The molecular weight excluding hydrogens is 405 g/mol. The van der Waals surface area contributed by atoms with E-state index in [0.29, 0.717) is 35.8 Å². The number of carbonyl (C=O) groups excluding carboxylic acids is 2. The van der Waals surface area contributed by atoms with Gasteiger partial charge in [0.2, 0.25) is 0 Å². The minimum absolute atomic E-state index is 0.00335. The van der Waals surface area contributed by atoms with Gasteiger partial charge in [0.15, 0.2) is 0 Å². The fraction of sp³-hybridized carbons (Fsp3) is 0.105. The smallest absolute Gasteiger partial charge is 0.255 e. The third-order valence-corrected chi connectivity index (χ3v) is 5.50. The van der Waals surface area contributed by atoms with Gasteiger partial charge in [0.25, 0.3) is 11.8 Å². The SMILES string of the molecule is CN1Cc2nc(Nc3sc(-c4c(F)cc(F)cc4F)cc3C(N)=O)ccc2C1=O. The van der Waals surface area contributed by atoms with E-state index in [1.54, 1.807) is 19.2 Å². The highest BCUT2D eigenvalue weighted by Gasteiger charge is 2.26. The fourth-order valence-corrected chi connectivity index (χ4v) is 4.19. The molecule has 148 valence electrons. The monoisotopic (exact) mass is 418 g/mol. The number of pyridine rings is 1. The summed E-state index contributed by atoms with van der Waals surface area (Å²) in [6.07, 6.45) is 0. The fourth-order valence-electron chi connectivity index (χ4n) is 3.07. The Balaban J connectivity index is 1.73. The summed E-state index contributed by atoms with van der Waals surface area (Å²) >= 11 is 0.873. The molecule has 1 aliphatic rings. The molecule has 1 aromatic carbocycles. The Bertz CT molecular complexity index is 1160. The van der Waals surface area contributed by atoms with Gasteiger partial charge in [-0.3, -0.25) is 9.59 Å². The number of rotatable bonds is 4. The molecular formula is C19H13F3N4O2S. The van der Waals surface area contributed by atoms with Crippen LogP contribution in [-0.4, -0.2) is 28.7 Å². The highest BCUT2D eigenvalue weighted by molar-refractivity contribution is 7.20. The van der Waals surface area contributed by atoms with Crippen molar-refractivity contribution in [1.82, 2.24) is 9.88 Å². The zero-order chi connectivity index (χ0) is 20.9. The minimum Gasteiger partial charge on any atom is -0.366 e. The number of nitrogens with one attached hydrogen (secondary N) is 1. The Morgan fingerprint density at radius 2 is 1.90 bits per heavy atom. The van der Waals surface area contributed by atoms with Crippen molar-refractivity contribution in [2.75, 3.05) is 12.4 Å². The highest BCUT2D eigenvalue weighted by atomic mass is 32.1. The zero-order valence-corrected chi connectivity index (χ0v) is 15.7. The first kappa shape index (κ1) is 18.9. The second-order valence-corrected chi connectivity index (χ2v) is 7.49. The predicted octanol–water partition coefficient (Wildman–Crippen LogP) is 3.66. The molecule has 4 rings (SSSR count). The molecule has 0 bridgehead atoms. The number of thiophene rings is 1. The van der Waals surface area contributed by atoms with E-state index < -0.39 is 28.9 Å². The highest BCUT2D eigenvalue weighted by Crippen LogP contribution is 2.39. The summed E-state index contributed by atoms with van der Waals surface area (Å²) in [4.78, 5) is 29.7. The number of anilines is 2. The molecule has 0 saturated heterocycles. The molecule has 10 heteroatoms. The first-order valence-electron chi connectivity index (χ1n) is 8.35. The number of primary amides is 1. The molecule has 2 aromatic heterocycles. The van der Waals surface area contributed by atoms with E-state index in [9.17, 15) is 22.8 Å². The van der Waals surface area contributed by atoms with Crippen LogP contribution in [0.3, 0.4) is 0 Å². The van der Waals surface area contributed by atoms with Crippen molar-refractivity contribution in [3.63, 3.8) is 0 Å². The molecule has 0 fully saturated rings. The van der Waals surface area contributed by atoms with E-state index in [1.165, 1.54) is 11.0 Å². The van der Waals surface area contributed by atoms with Crippen LogP contribution < -0.4 is 11.1 Å². The Labute approximate surface area is 166 Å². The van der Waals surface area contributed by atoms with Gasteiger partial charge in [-0.1, -0.05) is 0 Å². The molecule has 0 unspecified atom stereocenters. The van der Waals surface area contributed by atoms with Crippen LogP contribution >= 0.6 is 11.3 Å². The first-order chi connectivity index (χ1) is 13.7. The van der Waals surface area contributed by atoms with E-state index in [2.05, 4.69) is 10.3 Å². The largest absolute Gasteiger partial charge is 0.366 e. The molecule has 29 heavy (non-hydrogen) atoms. The maximum atomic E-state index is 14.1. The van der Waals surface area contributed by atoms with Crippen molar-refractivity contribution in [3.05, 3.63) is 64.6 Å². The van der Waals surface area contributed by atoms with Gasteiger partial charge in [0.05, 0.1) is 28.9 Å². The van der Waals surface area contributed by atoms with Gasteiger partial charge in [0, 0.05) is 24.1 Å². The summed E-state index contributed by atoms with van der Waals surface area (Å²) < 4.78 is 41.5. The van der Waals surface area contributed by atoms with Crippen molar-refractivity contribution >= 4 is 34.0 Å². The van der Waals surface area contributed by atoms with E-state index in [1.807, 2.05) is 0 Å². The van der Waals surface area contributed by atoms with Gasteiger partial charge in [-0.25, -0.2) is 18.2 Å². The number of benzene rings is 1. The second kappa shape index (κ2) is 6.89. The number of fused-ring (bicyclic) bond motifs is 1. The van der Waals surface area contributed by atoms with Gasteiger partial charge in [-0.05, 0) is 18.2 Å². The standard InChI is InChI=1S/C19H13F3N4O2S/c1-26-7-13-9(19(26)28)2-3-15(24-13)25-18-10(17(23)27)6-14(29-18)16-11(21)4-8(20)5-12(16)22/h2-6H,7H2,1H3,(H2,23,27)(H,24,25). The lowest BCUT2D eigenvalue weighted by atomic mass is 10.1. The van der Waals surface area contributed by atoms with Gasteiger partial charge < -0.3 is 16.0 Å². The topological polar surface area (TPSA) is 88.3 Å². The van der Waals surface area contributed by atoms with Crippen LogP contribution in [0.2, 0.25) is 0 Å². The third-order valence-electron chi connectivity index (χ3n) is 4.43. The van der Waals surface area contributed by atoms with Crippen LogP contribution in [0.25, 0.3) is 10.4 Å². The molecule has 3 aromatic rings. The van der Waals surface area contributed by atoms with Crippen LogP contribution in [0.5, 0.6) is 0 Å². The maximum absolute atomic E-state index is 14.1. The number of carbonyl (C=O) groups is 2. The summed E-state index contributed by atoms with van der Waals surface area (Å²) in [6, 6.07) is 5.52. The molecule has 3 heterocycles. The number of halogens is 3. The van der Waals surface area contributed by atoms with Crippen LogP contribution in [-0.2, 0) is 6.54 Å². The minimum atomic E-state index is -1.09. The Kier molecular flexibility index (Phi) is 4.50. The summed E-state index contributed by atoms with van der Waals surface area (Å²) in [7, 11) is 1.65. The number of nitrogens with two attached hydrogens (primary N) is 1. The van der Waals surface area contributed by atoms with Crippen molar-refractivity contribution < 1.29 is 22.8 Å². The number of amides is 2. The summed E-state index contributed by atoms with van der Waals surface area (Å²) in [5, 5.41) is 3.13. The second-order valence-electron chi connectivity index (χ2n) is 6.44. The van der Waals surface area contributed by atoms with Gasteiger partial charge >= 0.3 is 0 Å². The number of aromatic nitrogens is 1. The van der Waals surface area contributed by atoms with Crippen molar-refractivity contribution in [1.29, 1.82) is 0 Å². The van der Waals surface area contributed by atoms with Crippen LogP contribution in [0.1, 0.15) is 26.4 Å². The predicted molar refractivity (Wildman–Crippen MR) is 101 cm³/mol. The molecule has 0 spiro atoms. The molecule has 0 aliphatic carbocycles. The number of hydrogen-bond acceptors (Lipinski definition) is 5.